The first kappa shape index (κ1) is 7.78. The average Bonchev–Trinajstić information content (AvgIpc) is 1.83. The molecule has 3 nitrogen and oxygen atoms in total. The van der Waals surface area contributed by atoms with Crippen LogP contribution < -0.4 is 5.73 Å². The van der Waals surface area contributed by atoms with Gasteiger partial charge in [-0.3, -0.25) is 4.99 Å². The molecule has 0 saturated carbocycles. The third kappa shape index (κ3) is 3.95. The number of hydrogen-bond acceptors (Lipinski definition) is 3. The predicted molar refractivity (Wildman–Crippen MR) is 37.1 cm³/mol. The van der Waals surface area contributed by atoms with Gasteiger partial charge < -0.3 is 10.8 Å². The molecule has 0 aromatic rings. The number of rotatable bonds is 2. The van der Waals surface area contributed by atoms with Crippen molar-refractivity contribution in [2.24, 2.45) is 10.7 Å². The van der Waals surface area contributed by atoms with Gasteiger partial charge in [0.1, 0.15) is 0 Å². The molecule has 0 amide bonds. The summed E-state index contributed by atoms with van der Waals surface area (Å²) in [5, 5.41) is 8.81. The summed E-state index contributed by atoms with van der Waals surface area (Å²) in [7, 11) is 1.62. The fraction of sp³-hybridized carbons (Fsp3) is 0.750. The number of amidine groups is 1. The molecule has 0 bridgehead atoms. The van der Waals surface area contributed by atoms with Gasteiger partial charge in [-0.2, -0.15) is 0 Å². The summed E-state index contributed by atoms with van der Waals surface area (Å²) in [5.74, 6) is 0.628. The molecule has 0 fully saturated rings. The molecule has 48 valence electrons. The molecule has 4 heteroatoms. The van der Waals surface area contributed by atoms with Crippen molar-refractivity contribution in [3.63, 3.8) is 0 Å². The number of nitrogens with two attached hydrogens (primary N) is 1. The van der Waals surface area contributed by atoms with E-state index in [2.05, 4.69) is 4.99 Å². The summed E-state index contributed by atoms with van der Waals surface area (Å²) in [6, 6.07) is 0. The number of aliphatic imine (C=N–C) groups is 1. The van der Waals surface area contributed by atoms with Crippen molar-refractivity contribution in [2.45, 2.75) is 0 Å². The average molecular weight is 134 g/mol. The van der Waals surface area contributed by atoms with Crippen LogP contribution in [0.3, 0.4) is 0 Å². The molecule has 0 atom stereocenters. The summed E-state index contributed by atoms with van der Waals surface area (Å²) in [6.07, 6.45) is 0. The Hall–Kier alpha value is -0.220. The van der Waals surface area contributed by atoms with Crippen LogP contribution in [0.25, 0.3) is 0 Å². The first-order valence-corrected chi connectivity index (χ1v) is 3.25. The maximum atomic E-state index is 8.28. The van der Waals surface area contributed by atoms with Crippen molar-refractivity contribution in [3.8, 4) is 0 Å². The molecule has 0 aliphatic heterocycles. The topological polar surface area (TPSA) is 58.6 Å². The van der Waals surface area contributed by atoms with Gasteiger partial charge in [0, 0.05) is 12.8 Å². The van der Waals surface area contributed by atoms with Crippen molar-refractivity contribution in [1.29, 1.82) is 0 Å². The Balaban J connectivity index is 3.12. The largest absolute Gasteiger partial charge is 0.396 e. The van der Waals surface area contributed by atoms with Gasteiger partial charge >= 0.3 is 0 Å². The monoisotopic (exact) mass is 134 g/mol. The third-order valence-corrected chi connectivity index (χ3v) is 1.43. The Kier molecular flexibility index (Phi) is 4.79. The van der Waals surface area contributed by atoms with E-state index in [1.165, 1.54) is 11.8 Å². The van der Waals surface area contributed by atoms with Crippen LogP contribution in [-0.4, -0.2) is 29.7 Å². The molecular weight excluding hydrogens is 124 g/mol. The lowest BCUT2D eigenvalue weighted by atomic mass is 10.9. The van der Waals surface area contributed by atoms with Gasteiger partial charge in [-0.15, -0.1) is 0 Å². The Bertz CT molecular complexity index is 84.1. The van der Waals surface area contributed by atoms with Gasteiger partial charge in [-0.05, 0) is 0 Å². The molecule has 0 unspecified atom stereocenters. The molecule has 0 aromatic carbocycles. The van der Waals surface area contributed by atoms with E-state index < -0.39 is 0 Å². The van der Waals surface area contributed by atoms with Gasteiger partial charge in [0.25, 0.3) is 0 Å². The van der Waals surface area contributed by atoms with Gasteiger partial charge in [-0.25, -0.2) is 0 Å². The SMILES string of the molecule is CN=C(N)SCCO. The van der Waals surface area contributed by atoms with Gasteiger partial charge in [0.2, 0.25) is 0 Å². The molecule has 0 saturated heterocycles. The Morgan fingerprint density at radius 1 is 1.88 bits per heavy atom. The molecule has 0 spiro atoms. The summed E-state index contributed by atoms with van der Waals surface area (Å²) in [4.78, 5) is 3.67. The van der Waals surface area contributed by atoms with Crippen molar-refractivity contribution in [3.05, 3.63) is 0 Å². The number of aliphatic hydroxyl groups excluding tert-OH is 1. The lowest BCUT2D eigenvalue weighted by Crippen LogP contribution is -2.07. The zero-order valence-corrected chi connectivity index (χ0v) is 5.61. The fourth-order valence-corrected chi connectivity index (χ4v) is 0.644. The number of nitrogens with zero attached hydrogens (tertiary/aromatic N) is 1. The minimum atomic E-state index is 0.154. The first-order chi connectivity index (χ1) is 3.81. The summed E-state index contributed by atoms with van der Waals surface area (Å²) in [5.41, 5.74) is 5.26. The quantitative estimate of drug-likeness (QED) is 0.401. The fourth-order valence-electron chi connectivity index (χ4n) is 0.215. The lowest BCUT2D eigenvalue weighted by Gasteiger charge is -1.92. The molecule has 0 aliphatic rings. The highest BCUT2D eigenvalue weighted by molar-refractivity contribution is 8.13. The van der Waals surface area contributed by atoms with Crippen molar-refractivity contribution in [2.75, 3.05) is 19.4 Å². The Morgan fingerprint density at radius 2 is 2.50 bits per heavy atom. The third-order valence-electron chi connectivity index (χ3n) is 0.562. The zero-order valence-electron chi connectivity index (χ0n) is 4.79. The highest BCUT2D eigenvalue weighted by Crippen LogP contribution is 1.95. The second-order valence-corrected chi connectivity index (χ2v) is 2.25. The van der Waals surface area contributed by atoms with Crippen LogP contribution in [0.2, 0.25) is 0 Å². The summed E-state index contributed by atoms with van der Waals surface area (Å²) >= 11 is 1.35. The highest BCUT2D eigenvalue weighted by atomic mass is 32.2. The standard InChI is InChI=1S/C4H10N2OS/c1-6-4(5)8-3-2-7/h7H,2-3H2,1H3,(H2,5,6). The molecular formula is C4H10N2OS. The number of thioether (sulfide) groups is 1. The van der Waals surface area contributed by atoms with E-state index in [4.69, 9.17) is 10.8 Å². The highest BCUT2D eigenvalue weighted by Gasteiger charge is 1.87. The van der Waals surface area contributed by atoms with E-state index in [-0.39, 0.29) is 6.61 Å². The molecule has 0 radical (unpaired) electrons. The van der Waals surface area contributed by atoms with E-state index in [9.17, 15) is 0 Å². The van der Waals surface area contributed by atoms with Crippen molar-refractivity contribution < 1.29 is 5.11 Å². The lowest BCUT2D eigenvalue weighted by molar-refractivity contribution is 0.323. The molecule has 8 heavy (non-hydrogen) atoms. The van der Waals surface area contributed by atoms with Crippen LogP contribution in [0.1, 0.15) is 0 Å². The molecule has 0 aliphatic carbocycles. The molecule has 3 N–H and O–H groups in total. The maximum absolute atomic E-state index is 8.28. The second kappa shape index (κ2) is 4.93. The normalized spacial score (nSPS) is 12.0. The van der Waals surface area contributed by atoms with E-state index >= 15 is 0 Å². The van der Waals surface area contributed by atoms with E-state index in [1.54, 1.807) is 7.05 Å². The van der Waals surface area contributed by atoms with E-state index in [0.717, 1.165) is 0 Å². The van der Waals surface area contributed by atoms with Crippen LogP contribution in [0.5, 0.6) is 0 Å². The van der Waals surface area contributed by atoms with Crippen LogP contribution in [0.4, 0.5) is 0 Å². The summed E-state index contributed by atoms with van der Waals surface area (Å²) < 4.78 is 0. The van der Waals surface area contributed by atoms with E-state index in [1.807, 2.05) is 0 Å². The smallest absolute Gasteiger partial charge is 0.153 e. The van der Waals surface area contributed by atoms with E-state index in [0.29, 0.717) is 10.9 Å². The Labute approximate surface area is 53.0 Å². The Morgan fingerprint density at radius 3 is 2.88 bits per heavy atom. The van der Waals surface area contributed by atoms with Gasteiger partial charge in [0.05, 0.1) is 6.61 Å². The van der Waals surface area contributed by atoms with Crippen LogP contribution in [0, 0.1) is 0 Å². The molecule has 0 aromatic heterocycles. The van der Waals surface area contributed by atoms with Crippen LogP contribution >= 0.6 is 11.8 Å². The zero-order chi connectivity index (χ0) is 6.41. The maximum Gasteiger partial charge on any atom is 0.153 e. The van der Waals surface area contributed by atoms with Crippen molar-refractivity contribution in [1.82, 2.24) is 0 Å². The molecule has 0 heterocycles. The first-order valence-electron chi connectivity index (χ1n) is 2.27. The predicted octanol–water partition coefficient (Wildman–Crippen LogP) is -0.344. The second-order valence-electron chi connectivity index (χ2n) is 1.13. The van der Waals surface area contributed by atoms with Gasteiger partial charge in [0.15, 0.2) is 5.17 Å². The minimum absolute atomic E-state index is 0.154. The number of aliphatic hydroxyl groups is 1. The van der Waals surface area contributed by atoms with Crippen molar-refractivity contribution >= 4 is 16.9 Å². The van der Waals surface area contributed by atoms with Crippen LogP contribution in [-0.2, 0) is 0 Å². The summed E-state index contributed by atoms with van der Waals surface area (Å²) in [6.45, 7) is 0.154. The minimum Gasteiger partial charge on any atom is -0.396 e. The van der Waals surface area contributed by atoms with Gasteiger partial charge in [-0.1, -0.05) is 11.8 Å². The molecule has 0 rings (SSSR count). The van der Waals surface area contributed by atoms with Crippen LogP contribution in [0.15, 0.2) is 4.99 Å². The number of hydrogen-bond donors (Lipinski definition) is 2.